The summed E-state index contributed by atoms with van der Waals surface area (Å²) in [4.78, 5) is 3.23. The Balaban J connectivity index is 1.83. The number of hydrogen-bond acceptors (Lipinski definition) is 2. The van der Waals surface area contributed by atoms with Crippen LogP contribution in [-0.4, -0.2) is 4.98 Å². The molecule has 3 N–H and O–H groups in total. The van der Waals surface area contributed by atoms with Crippen molar-refractivity contribution in [2.45, 2.75) is 13.2 Å². The van der Waals surface area contributed by atoms with Gasteiger partial charge in [-0.05, 0) is 29.8 Å². The van der Waals surface area contributed by atoms with E-state index in [2.05, 4.69) is 4.98 Å². The van der Waals surface area contributed by atoms with E-state index in [1.165, 1.54) is 12.1 Å². The van der Waals surface area contributed by atoms with Gasteiger partial charge < -0.3 is 15.5 Å². The highest BCUT2D eigenvalue weighted by Gasteiger charge is 2.07. The normalized spacial score (nSPS) is 10.9. The molecule has 0 aliphatic carbocycles. The zero-order valence-electron chi connectivity index (χ0n) is 10.9. The van der Waals surface area contributed by atoms with Crippen molar-refractivity contribution in [2.24, 2.45) is 5.73 Å². The predicted molar refractivity (Wildman–Crippen MR) is 76.9 cm³/mol. The molecule has 1 heterocycles. The maximum atomic E-state index is 12.8. The third kappa shape index (κ3) is 2.38. The van der Waals surface area contributed by atoms with Gasteiger partial charge in [-0.2, -0.15) is 0 Å². The lowest BCUT2D eigenvalue weighted by Gasteiger charge is -2.05. The van der Waals surface area contributed by atoms with Crippen molar-refractivity contribution in [1.29, 1.82) is 0 Å². The van der Waals surface area contributed by atoms with Crippen LogP contribution in [0, 0.1) is 5.82 Å². The largest absolute Gasteiger partial charge is 0.489 e. The van der Waals surface area contributed by atoms with Crippen LogP contribution in [0.5, 0.6) is 5.75 Å². The van der Waals surface area contributed by atoms with Crippen LogP contribution in [0.25, 0.3) is 10.9 Å². The Hall–Kier alpha value is -2.33. The van der Waals surface area contributed by atoms with Crippen LogP contribution in [0.4, 0.5) is 4.39 Å². The van der Waals surface area contributed by atoms with Crippen molar-refractivity contribution in [3.63, 3.8) is 0 Å². The summed E-state index contributed by atoms with van der Waals surface area (Å²) in [6, 6.07) is 12.0. The molecule has 20 heavy (non-hydrogen) atoms. The van der Waals surface area contributed by atoms with E-state index in [0.717, 1.165) is 22.0 Å². The van der Waals surface area contributed by atoms with Crippen LogP contribution >= 0.6 is 0 Å². The first kappa shape index (κ1) is 12.7. The molecule has 1 aromatic heterocycles. The number of hydrogen-bond donors (Lipinski definition) is 2. The standard InChI is InChI=1S/C16H15FN2O/c17-13-4-6-14(7-5-13)20-10-12-9-19-16-11(8-18)2-1-3-15(12)16/h1-7,9,19H,8,10,18H2. The summed E-state index contributed by atoms with van der Waals surface area (Å²) in [6.45, 7) is 0.926. The molecule has 102 valence electrons. The van der Waals surface area contributed by atoms with E-state index < -0.39 is 0 Å². The zero-order valence-corrected chi connectivity index (χ0v) is 10.9. The molecule has 0 amide bonds. The van der Waals surface area contributed by atoms with Gasteiger partial charge in [0.05, 0.1) is 5.52 Å². The number of para-hydroxylation sites is 1. The molecular weight excluding hydrogens is 255 g/mol. The van der Waals surface area contributed by atoms with Gasteiger partial charge >= 0.3 is 0 Å². The number of ether oxygens (including phenoxy) is 1. The minimum atomic E-state index is -0.267. The van der Waals surface area contributed by atoms with Gasteiger partial charge in [-0.15, -0.1) is 0 Å². The van der Waals surface area contributed by atoms with E-state index in [1.807, 2.05) is 24.4 Å². The highest BCUT2D eigenvalue weighted by molar-refractivity contribution is 5.85. The highest BCUT2D eigenvalue weighted by Crippen LogP contribution is 2.23. The van der Waals surface area contributed by atoms with E-state index in [9.17, 15) is 4.39 Å². The number of rotatable bonds is 4. The van der Waals surface area contributed by atoms with Gasteiger partial charge in [0.15, 0.2) is 0 Å². The van der Waals surface area contributed by atoms with E-state index in [4.69, 9.17) is 10.5 Å². The third-order valence-electron chi connectivity index (χ3n) is 3.32. The molecule has 0 atom stereocenters. The zero-order chi connectivity index (χ0) is 13.9. The van der Waals surface area contributed by atoms with Crippen LogP contribution in [0.1, 0.15) is 11.1 Å². The SMILES string of the molecule is NCc1cccc2c(COc3ccc(F)cc3)c[nH]c12. The van der Waals surface area contributed by atoms with Gasteiger partial charge in [-0.3, -0.25) is 0 Å². The molecule has 3 nitrogen and oxygen atoms in total. The number of nitrogens with one attached hydrogen (secondary N) is 1. The average molecular weight is 270 g/mol. The third-order valence-corrected chi connectivity index (χ3v) is 3.32. The lowest BCUT2D eigenvalue weighted by molar-refractivity contribution is 0.307. The Morgan fingerprint density at radius 3 is 2.60 bits per heavy atom. The van der Waals surface area contributed by atoms with Crippen LogP contribution in [0.3, 0.4) is 0 Å². The van der Waals surface area contributed by atoms with Gasteiger partial charge in [0.2, 0.25) is 0 Å². The van der Waals surface area contributed by atoms with Crippen LogP contribution in [0.15, 0.2) is 48.7 Å². The fourth-order valence-corrected chi connectivity index (χ4v) is 2.26. The summed E-state index contributed by atoms with van der Waals surface area (Å²) in [5.41, 5.74) is 8.90. The van der Waals surface area contributed by atoms with Crippen molar-refractivity contribution >= 4 is 10.9 Å². The Labute approximate surface area is 116 Å². The van der Waals surface area contributed by atoms with E-state index in [1.54, 1.807) is 12.1 Å². The first-order valence-electron chi connectivity index (χ1n) is 6.44. The second-order valence-electron chi connectivity index (χ2n) is 4.60. The van der Waals surface area contributed by atoms with Crippen LogP contribution < -0.4 is 10.5 Å². The molecule has 0 radical (unpaired) electrons. The lowest BCUT2D eigenvalue weighted by Crippen LogP contribution is -1.97. The predicted octanol–water partition coefficient (Wildman–Crippen LogP) is 3.34. The van der Waals surface area contributed by atoms with Crippen molar-refractivity contribution in [3.05, 3.63) is 65.6 Å². The number of fused-ring (bicyclic) bond motifs is 1. The molecule has 0 saturated heterocycles. The molecule has 0 bridgehead atoms. The molecule has 0 unspecified atom stereocenters. The average Bonchev–Trinajstić information content (AvgIpc) is 2.90. The summed E-state index contributed by atoms with van der Waals surface area (Å²) < 4.78 is 18.5. The maximum Gasteiger partial charge on any atom is 0.123 e. The van der Waals surface area contributed by atoms with E-state index in [0.29, 0.717) is 18.9 Å². The highest BCUT2D eigenvalue weighted by atomic mass is 19.1. The van der Waals surface area contributed by atoms with Crippen LogP contribution in [0.2, 0.25) is 0 Å². The van der Waals surface area contributed by atoms with E-state index in [-0.39, 0.29) is 5.82 Å². The second-order valence-corrected chi connectivity index (χ2v) is 4.60. The minimum Gasteiger partial charge on any atom is -0.489 e. The number of H-pyrrole nitrogens is 1. The van der Waals surface area contributed by atoms with Gasteiger partial charge in [-0.1, -0.05) is 18.2 Å². The molecule has 3 aromatic rings. The monoisotopic (exact) mass is 270 g/mol. The van der Waals surface area contributed by atoms with Crippen molar-refractivity contribution < 1.29 is 9.13 Å². The molecule has 0 aliphatic rings. The Kier molecular flexibility index (Phi) is 3.39. The Bertz CT molecular complexity index is 719. The van der Waals surface area contributed by atoms with Gasteiger partial charge in [-0.25, -0.2) is 4.39 Å². The van der Waals surface area contributed by atoms with Gasteiger partial charge in [0, 0.05) is 23.7 Å². The quantitative estimate of drug-likeness (QED) is 0.764. The number of aromatic amines is 1. The Morgan fingerprint density at radius 2 is 1.85 bits per heavy atom. The summed E-state index contributed by atoms with van der Waals surface area (Å²) >= 11 is 0. The number of aromatic nitrogens is 1. The maximum absolute atomic E-state index is 12.8. The van der Waals surface area contributed by atoms with Crippen molar-refractivity contribution in [3.8, 4) is 5.75 Å². The summed E-state index contributed by atoms with van der Waals surface area (Å²) in [7, 11) is 0. The lowest BCUT2D eigenvalue weighted by atomic mass is 10.1. The van der Waals surface area contributed by atoms with Gasteiger partial charge in [0.25, 0.3) is 0 Å². The Morgan fingerprint density at radius 1 is 1.05 bits per heavy atom. The minimum absolute atomic E-state index is 0.267. The first-order chi connectivity index (χ1) is 9.78. The summed E-state index contributed by atoms with van der Waals surface area (Å²) in [5.74, 6) is 0.382. The van der Waals surface area contributed by atoms with Crippen molar-refractivity contribution in [2.75, 3.05) is 0 Å². The molecule has 0 spiro atoms. The molecule has 2 aromatic carbocycles. The van der Waals surface area contributed by atoms with E-state index >= 15 is 0 Å². The fraction of sp³-hybridized carbons (Fsp3) is 0.125. The van der Waals surface area contributed by atoms with Gasteiger partial charge in [0.1, 0.15) is 18.2 Å². The molecule has 0 aliphatic heterocycles. The summed E-state index contributed by atoms with van der Waals surface area (Å²) in [5, 5.41) is 1.11. The number of benzene rings is 2. The molecule has 0 fully saturated rings. The van der Waals surface area contributed by atoms with Crippen LogP contribution in [-0.2, 0) is 13.2 Å². The second kappa shape index (κ2) is 5.35. The summed E-state index contributed by atoms with van der Waals surface area (Å²) in [6.07, 6.45) is 1.92. The molecule has 0 saturated carbocycles. The van der Waals surface area contributed by atoms with Crippen molar-refractivity contribution in [1.82, 2.24) is 4.98 Å². The first-order valence-corrected chi connectivity index (χ1v) is 6.44. The number of nitrogens with two attached hydrogens (primary N) is 1. The fourth-order valence-electron chi connectivity index (χ4n) is 2.26. The smallest absolute Gasteiger partial charge is 0.123 e. The topological polar surface area (TPSA) is 51.0 Å². The molecular formula is C16H15FN2O. The number of halogens is 1. The molecule has 4 heteroatoms. The molecule has 3 rings (SSSR count).